The average molecular weight is 397 g/mol. The summed E-state index contributed by atoms with van der Waals surface area (Å²) in [6.07, 6.45) is 3.10. The van der Waals surface area contributed by atoms with E-state index >= 15 is 0 Å². The molecule has 2 heterocycles. The maximum Gasteiger partial charge on any atom is 0.223 e. The van der Waals surface area contributed by atoms with Crippen LogP contribution in [0.4, 0.5) is 5.69 Å². The van der Waals surface area contributed by atoms with Crippen molar-refractivity contribution in [2.75, 3.05) is 11.9 Å². The second-order valence-corrected chi connectivity index (χ2v) is 8.39. The van der Waals surface area contributed by atoms with Gasteiger partial charge in [0.15, 0.2) is 9.84 Å². The lowest BCUT2D eigenvalue weighted by atomic mass is 10.1. The molecule has 0 atom stereocenters. The molecule has 1 aromatic carbocycles. The molecule has 1 aliphatic rings. The summed E-state index contributed by atoms with van der Waals surface area (Å²) in [6, 6.07) is 6.50. The van der Waals surface area contributed by atoms with Gasteiger partial charge in [-0.3, -0.25) is 9.78 Å². The number of rotatable bonds is 2. The number of carbonyl (C=O) groups excluding carboxylic acids is 1. The number of benzene rings is 1. The molecular weight excluding hydrogens is 383 g/mol. The van der Waals surface area contributed by atoms with Crippen LogP contribution in [0.3, 0.4) is 0 Å². The predicted octanol–water partition coefficient (Wildman–Crippen LogP) is 3.80. The molecule has 1 aliphatic heterocycles. The number of anilines is 1. The quantitative estimate of drug-likeness (QED) is 0.773. The Morgan fingerprint density at radius 3 is 2.64 bits per heavy atom. The summed E-state index contributed by atoms with van der Waals surface area (Å²) in [5.41, 5.74) is 1.79. The molecule has 0 spiro atoms. The topological polar surface area (TPSA) is 67.3 Å². The molecule has 130 valence electrons. The van der Waals surface area contributed by atoms with Gasteiger partial charge in [0.25, 0.3) is 0 Å². The van der Waals surface area contributed by atoms with E-state index in [-0.39, 0.29) is 32.3 Å². The zero-order valence-electron chi connectivity index (χ0n) is 13.5. The highest BCUT2D eigenvalue weighted by atomic mass is 35.5. The van der Waals surface area contributed by atoms with E-state index in [0.29, 0.717) is 16.8 Å². The van der Waals surface area contributed by atoms with E-state index in [4.69, 9.17) is 23.2 Å². The summed E-state index contributed by atoms with van der Waals surface area (Å²) in [4.78, 5) is 17.3. The first-order valence-electron chi connectivity index (χ1n) is 7.33. The van der Waals surface area contributed by atoms with Gasteiger partial charge in [0.2, 0.25) is 5.91 Å². The third-order valence-corrected chi connectivity index (χ3v) is 6.40. The summed E-state index contributed by atoms with van der Waals surface area (Å²) in [5.74, 6) is -0.424. The van der Waals surface area contributed by atoms with Crippen molar-refractivity contribution in [2.24, 2.45) is 0 Å². The van der Waals surface area contributed by atoms with Gasteiger partial charge in [-0.2, -0.15) is 0 Å². The number of hydrogen-bond acceptors (Lipinski definition) is 4. The summed E-state index contributed by atoms with van der Waals surface area (Å²) in [6.45, 7) is 1.37. The first-order valence-corrected chi connectivity index (χ1v) is 9.74. The summed E-state index contributed by atoms with van der Waals surface area (Å²) < 4.78 is 25.5. The van der Waals surface area contributed by atoms with Gasteiger partial charge in [-0.1, -0.05) is 35.3 Å². The highest BCUT2D eigenvalue weighted by molar-refractivity contribution is 8.00. The van der Waals surface area contributed by atoms with Gasteiger partial charge in [0.05, 0.1) is 32.1 Å². The van der Waals surface area contributed by atoms with Crippen LogP contribution < -0.4 is 4.90 Å². The number of aromatic nitrogens is 1. The van der Waals surface area contributed by atoms with Crippen molar-refractivity contribution >= 4 is 55.6 Å². The van der Waals surface area contributed by atoms with Crippen LogP contribution >= 0.6 is 23.2 Å². The van der Waals surface area contributed by atoms with Gasteiger partial charge in [-0.25, -0.2) is 8.42 Å². The van der Waals surface area contributed by atoms with Crippen LogP contribution in [0, 0.1) is 0 Å². The molecule has 2 aromatic rings. The van der Waals surface area contributed by atoms with Crippen LogP contribution in [0.2, 0.25) is 10.0 Å². The number of fused-ring (bicyclic) bond motifs is 1. The maximum atomic E-state index is 12.7. The van der Waals surface area contributed by atoms with E-state index in [0.717, 1.165) is 0 Å². The number of amides is 1. The molecule has 1 aromatic heterocycles. The first-order chi connectivity index (χ1) is 11.7. The van der Waals surface area contributed by atoms with E-state index in [9.17, 15) is 13.2 Å². The second-order valence-electron chi connectivity index (χ2n) is 5.65. The van der Waals surface area contributed by atoms with Crippen molar-refractivity contribution in [1.29, 1.82) is 0 Å². The molecule has 0 N–H and O–H groups in total. The van der Waals surface area contributed by atoms with Crippen molar-refractivity contribution in [2.45, 2.75) is 12.7 Å². The number of carbonyl (C=O) groups is 1. The number of halogens is 2. The second kappa shape index (κ2) is 6.44. The van der Waals surface area contributed by atoms with Crippen molar-refractivity contribution in [3.63, 3.8) is 0 Å². The van der Waals surface area contributed by atoms with Gasteiger partial charge in [0.1, 0.15) is 0 Å². The third-order valence-electron chi connectivity index (χ3n) is 4.01. The molecule has 5 nitrogen and oxygen atoms in total. The van der Waals surface area contributed by atoms with Crippen LogP contribution in [0.5, 0.6) is 0 Å². The SMILES string of the molecule is CC(=O)N(C)c1c(Cl)ccc(C2=Cc3ncccc3CS2(=O)=O)c1Cl. The Balaban J connectivity index is 2.25. The van der Waals surface area contributed by atoms with E-state index in [1.54, 1.807) is 24.4 Å². The van der Waals surface area contributed by atoms with Crippen LogP contribution in [0.15, 0.2) is 30.5 Å². The third kappa shape index (κ3) is 3.17. The minimum absolute atomic E-state index is 0.0681. The molecule has 0 radical (unpaired) electrons. The Kier molecular flexibility index (Phi) is 4.62. The van der Waals surface area contributed by atoms with E-state index in [2.05, 4.69) is 4.98 Å². The predicted molar refractivity (Wildman–Crippen MR) is 100 cm³/mol. The van der Waals surface area contributed by atoms with Crippen molar-refractivity contribution in [3.8, 4) is 0 Å². The first kappa shape index (κ1) is 17.9. The number of pyridine rings is 1. The highest BCUT2D eigenvalue weighted by Crippen LogP contribution is 2.42. The fraction of sp³-hybridized carbons (Fsp3) is 0.176. The Hall–Kier alpha value is -1.89. The van der Waals surface area contributed by atoms with Crippen molar-refractivity contribution in [3.05, 3.63) is 57.3 Å². The van der Waals surface area contributed by atoms with E-state index in [1.807, 2.05) is 0 Å². The van der Waals surface area contributed by atoms with Crippen LogP contribution in [0.1, 0.15) is 23.7 Å². The molecule has 0 bridgehead atoms. The van der Waals surface area contributed by atoms with Crippen LogP contribution in [-0.2, 0) is 20.4 Å². The lowest BCUT2D eigenvalue weighted by Crippen LogP contribution is -2.24. The average Bonchev–Trinajstić information content (AvgIpc) is 2.54. The minimum Gasteiger partial charge on any atom is -0.313 e. The number of nitrogens with zero attached hydrogens (tertiary/aromatic N) is 2. The summed E-state index contributed by atoms with van der Waals surface area (Å²) in [7, 11) is -2.07. The molecular formula is C17H14Cl2N2O3S. The largest absolute Gasteiger partial charge is 0.313 e. The fourth-order valence-corrected chi connectivity index (χ4v) is 5.03. The lowest BCUT2D eigenvalue weighted by Gasteiger charge is -2.22. The van der Waals surface area contributed by atoms with Crippen molar-refractivity contribution < 1.29 is 13.2 Å². The summed E-state index contributed by atoms with van der Waals surface area (Å²) >= 11 is 12.6. The van der Waals surface area contributed by atoms with Gasteiger partial charge < -0.3 is 4.90 Å². The lowest BCUT2D eigenvalue weighted by molar-refractivity contribution is -0.116. The maximum absolute atomic E-state index is 12.7. The standard InChI is InChI=1S/C17H14Cl2N2O3S/c1-10(22)21(2)17-13(18)6-5-12(16(17)19)15-8-14-11(4-3-7-20-14)9-25(15,23)24/h3-8H,9H2,1-2H3. The Morgan fingerprint density at radius 1 is 1.24 bits per heavy atom. The zero-order valence-corrected chi connectivity index (χ0v) is 15.8. The molecule has 0 unspecified atom stereocenters. The fourth-order valence-electron chi connectivity index (χ4n) is 2.64. The Bertz CT molecular complexity index is 1020. The normalized spacial score (nSPS) is 15.3. The molecule has 0 saturated heterocycles. The molecule has 8 heteroatoms. The van der Waals surface area contributed by atoms with Gasteiger partial charge in [-0.05, 0) is 23.8 Å². The number of hydrogen-bond donors (Lipinski definition) is 0. The van der Waals surface area contributed by atoms with Crippen LogP contribution in [0.25, 0.3) is 11.0 Å². The van der Waals surface area contributed by atoms with E-state index in [1.165, 1.54) is 31.0 Å². The Labute approximate surface area is 155 Å². The zero-order chi connectivity index (χ0) is 18.4. The smallest absolute Gasteiger partial charge is 0.223 e. The molecule has 25 heavy (non-hydrogen) atoms. The molecule has 0 aliphatic carbocycles. The molecule has 3 rings (SSSR count). The highest BCUT2D eigenvalue weighted by Gasteiger charge is 2.30. The van der Waals surface area contributed by atoms with Crippen molar-refractivity contribution in [1.82, 2.24) is 4.98 Å². The van der Waals surface area contributed by atoms with Gasteiger partial charge in [0, 0.05) is 25.7 Å². The Morgan fingerprint density at radius 2 is 1.96 bits per heavy atom. The van der Waals surface area contributed by atoms with Gasteiger partial charge in [-0.15, -0.1) is 0 Å². The van der Waals surface area contributed by atoms with E-state index < -0.39 is 9.84 Å². The minimum atomic E-state index is -3.60. The van der Waals surface area contributed by atoms with Crippen LogP contribution in [-0.4, -0.2) is 26.4 Å². The molecule has 0 fully saturated rings. The summed E-state index contributed by atoms with van der Waals surface area (Å²) in [5, 5.41) is 0.373. The molecule has 1 amide bonds. The van der Waals surface area contributed by atoms with Gasteiger partial charge >= 0.3 is 0 Å². The monoisotopic (exact) mass is 396 g/mol. The number of sulfone groups is 1. The molecule has 0 saturated carbocycles.